The van der Waals surface area contributed by atoms with E-state index in [4.69, 9.17) is 47.0 Å². The maximum atomic E-state index is 12.5. The Hall–Kier alpha value is 0.160. The minimum atomic E-state index is -1.84. The number of aryl methyl sites for hydroxylation is 1. The molecule has 1 unspecified atom stereocenters. The topological polar surface area (TPSA) is 53.2 Å². The van der Waals surface area contributed by atoms with Gasteiger partial charge >= 0.3 is 0 Å². The highest BCUT2D eigenvalue weighted by Crippen LogP contribution is 2.31. The van der Waals surface area contributed by atoms with Crippen LogP contribution in [0.4, 0.5) is 5.69 Å². The molecule has 0 bridgehead atoms. The molecule has 0 aliphatic rings. The fraction of sp³-hybridized carbons (Fsp3) is 0.176. The average Bonchev–Trinajstić information content (AvgIpc) is 2.57. The Kier molecular flexibility index (Phi) is 9.12. The highest BCUT2D eigenvalue weighted by Gasteiger charge is 2.35. The van der Waals surface area contributed by atoms with Crippen LogP contribution in [-0.2, 0) is 0 Å². The number of amides is 1. The Morgan fingerprint density at radius 3 is 2.29 bits per heavy atom. The molecule has 0 aliphatic carbocycles. The molecule has 0 heterocycles. The second kappa shape index (κ2) is 10.5. The van der Waals surface area contributed by atoms with Gasteiger partial charge < -0.3 is 16.0 Å². The molecule has 2 rings (SSSR count). The summed E-state index contributed by atoms with van der Waals surface area (Å²) in [6.45, 7) is 1.92. The van der Waals surface area contributed by atoms with Gasteiger partial charge in [-0.2, -0.15) is 0 Å². The van der Waals surface area contributed by atoms with E-state index in [1.165, 1.54) is 0 Å². The van der Waals surface area contributed by atoms with Crippen molar-refractivity contribution >= 4 is 118 Å². The highest BCUT2D eigenvalue weighted by molar-refractivity contribution is 14.1. The Morgan fingerprint density at radius 1 is 1.14 bits per heavy atom. The van der Waals surface area contributed by atoms with E-state index in [0.717, 1.165) is 23.8 Å². The summed E-state index contributed by atoms with van der Waals surface area (Å²) in [4.78, 5) is 12.5. The second-order valence-corrected chi connectivity index (χ2v) is 11.4. The maximum Gasteiger partial charge on any atom is 0.252 e. The number of benzene rings is 2. The van der Waals surface area contributed by atoms with E-state index in [9.17, 15) is 4.79 Å². The van der Waals surface area contributed by atoms with Crippen molar-refractivity contribution < 1.29 is 4.79 Å². The molecular weight excluding hydrogens is 687 g/mol. The molecule has 0 fully saturated rings. The van der Waals surface area contributed by atoms with Gasteiger partial charge in [-0.1, -0.05) is 50.7 Å². The van der Waals surface area contributed by atoms with E-state index in [1.807, 2.05) is 31.2 Å². The number of rotatable bonds is 4. The normalized spacial score (nSPS) is 12.2. The minimum Gasteiger partial charge on any atom is -0.339 e. The summed E-state index contributed by atoms with van der Waals surface area (Å²) in [5, 5.41) is 8.74. The number of hydrogen-bond acceptors (Lipinski definition) is 2. The van der Waals surface area contributed by atoms with Crippen molar-refractivity contribution in [1.29, 1.82) is 0 Å². The van der Waals surface area contributed by atoms with Crippen molar-refractivity contribution in [2.45, 2.75) is 16.9 Å². The molecule has 2 aromatic carbocycles. The zero-order chi connectivity index (χ0) is 21.1. The molecule has 0 radical (unpaired) electrons. The van der Waals surface area contributed by atoms with Crippen LogP contribution in [0, 0.1) is 10.5 Å². The number of thiocarbonyl (C=S) groups is 1. The molecule has 11 heteroatoms. The van der Waals surface area contributed by atoms with E-state index in [1.54, 1.807) is 12.1 Å². The van der Waals surface area contributed by atoms with Crippen LogP contribution in [0.3, 0.4) is 0 Å². The summed E-state index contributed by atoms with van der Waals surface area (Å²) in [7, 11) is 0. The van der Waals surface area contributed by atoms with Crippen molar-refractivity contribution in [2.75, 3.05) is 5.32 Å². The quantitative estimate of drug-likeness (QED) is 0.147. The van der Waals surface area contributed by atoms with Gasteiger partial charge in [0.1, 0.15) is 6.17 Å². The van der Waals surface area contributed by atoms with E-state index in [-0.39, 0.29) is 5.11 Å². The lowest BCUT2D eigenvalue weighted by molar-refractivity contribution is 0.0934. The van der Waals surface area contributed by atoms with Gasteiger partial charge in [-0.3, -0.25) is 4.79 Å². The molecule has 1 amide bonds. The number of carbonyl (C=O) groups excluding carboxylic acids is 1. The molecule has 3 N–H and O–H groups in total. The molecule has 1 atom stereocenters. The average molecular weight is 700 g/mol. The van der Waals surface area contributed by atoms with Crippen LogP contribution in [0.5, 0.6) is 0 Å². The number of nitrogens with one attached hydrogen (secondary N) is 3. The van der Waals surface area contributed by atoms with Gasteiger partial charge in [-0.15, -0.1) is 0 Å². The van der Waals surface area contributed by atoms with Crippen LogP contribution in [0.25, 0.3) is 0 Å². The first kappa shape index (κ1) is 24.4. The Bertz CT molecular complexity index is 871. The second-order valence-electron chi connectivity index (χ2n) is 5.63. The number of carbonyl (C=O) groups is 1. The molecule has 2 aromatic rings. The maximum absolute atomic E-state index is 12.5. The van der Waals surface area contributed by atoms with Gasteiger partial charge in [0.25, 0.3) is 5.91 Å². The summed E-state index contributed by atoms with van der Waals surface area (Å²) in [6, 6.07) is 10.8. The zero-order valence-electron chi connectivity index (χ0n) is 14.1. The van der Waals surface area contributed by atoms with E-state index in [0.29, 0.717) is 5.56 Å². The van der Waals surface area contributed by atoms with Gasteiger partial charge in [0.2, 0.25) is 3.79 Å². The van der Waals surface area contributed by atoms with Gasteiger partial charge in [0.15, 0.2) is 5.11 Å². The van der Waals surface area contributed by atoms with Gasteiger partial charge in [-0.25, -0.2) is 0 Å². The largest absolute Gasteiger partial charge is 0.339 e. The van der Waals surface area contributed by atoms with Crippen molar-refractivity contribution in [3.8, 4) is 0 Å². The monoisotopic (exact) mass is 697 g/mol. The molecule has 4 nitrogen and oxygen atoms in total. The van der Waals surface area contributed by atoms with Gasteiger partial charge in [-0.05, 0) is 99.6 Å². The van der Waals surface area contributed by atoms with Crippen molar-refractivity contribution in [3.05, 3.63) is 60.0 Å². The van der Waals surface area contributed by atoms with E-state index < -0.39 is 15.9 Å². The van der Waals surface area contributed by atoms with Crippen molar-refractivity contribution in [2.24, 2.45) is 0 Å². The van der Waals surface area contributed by atoms with Crippen LogP contribution < -0.4 is 16.0 Å². The van der Waals surface area contributed by atoms with Crippen molar-refractivity contribution in [1.82, 2.24) is 10.6 Å². The third-order valence-corrected chi connectivity index (χ3v) is 6.15. The Labute approximate surface area is 213 Å². The molecule has 0 aliphatic heterocycles. The van der Waals surface area contributed by atoms with Crippen LogP contribution in [0.1, 0.15) is 15.9 Å². The summed E-state index contributed by atoms with van der Waals surface area (Å²) >= 11 is 32.5. The molecule has 0 spiro atoms. The first-order valence-electron chi connectivity index (χ1n) is 7.63. The van der Waals surface area contributed by atoms with Gasteiger partial charge in [0, 0.05) is 18.1 Å². The summed E-state index contributed by atoms with van der Waals surface area (Å²) < 4.78 is 0.893. The number of hydrogen-bond donors (Lipinski definition) is 3. The lowest BCUT2D eigenvalue weighted by Gasteiger charge is -2.28. The van der Waals surface area contributed by atoms with E-state index >= 15 is 0 Å². The van der Waals surface area contributed by atoms with Crippen LogP contribution in [0.2, 0.25) is 0 Å². The lowest BCUT2D eigenvalue weighted by Crippen LogP contribution is -2.56. The number of anilines is 1. The third-order valence-electron chi connectivity index (χ3n) is 3.48. The molecule has 150 valence electrons. The molecule has 0 saturated heterocycles. The first-order valence-corrected chi connectivity index (χ1v) is 11.8. The minimum absolute atomic E-state index is 0.186. The summed E-state index contributed by atoms with van der Waals surface area (Å²) in [5.74, 6) is -0.399. The summed E-state index contributed by atoms with van der Waals surface area (Å²) in [6.07, 6.45) is -1.06. The molecule has 28 heavy (non-hydrogen) atoms. The van der Waals surface area contributed by atoms with E-state index in [2.05, 4.69) is 70.4 Å². The van der Waals surface area contributed by atoms with Crippen molar-refractivity contribution in [3.63, 3.8) is 0 Å². The fourth-order valence-corrected chi connectivity index (χ4v) is 4.60. The first-order chi connectivity index (χ1) is 13.0. The Morgan fingerprint density at radius 2 is 1.75 bits per heavy atom. The standard InChI is InChI=1S/C17H13Br2Cl3IN3OS/c1-8-6-10(18)7-12(19)13(8)24-16(28)26-15(17(20,21)22)25-14(27)9-2-4-11(23)5-3-9/h2-7,15H,1H3,(H,25,27)(H2,24,26,28). The predicted molar refractivity (Wildman–Crippen MR) is 137 cm³/mol. The van der Waals surface area contributed by atoms with Crippen LogP contribution in [-0.4, -0.2) is 21.0 Å². The SMILES string of the molecule is Cc1cc(Br)cc(Br)c1NC(=S)NC(NC(=O)c1ccc(I)cc1)C(Cl)(Cl)Cl. The van der Waals surface area contributed by atoms with Crippen LogP contribution >= 0.6 is 101 Å². The smallest absolute Gasteiger partial charge is 0.252 e. The molecule has 0 aromatic heterocycles. The lowest BCUT2D eigenvalue weighted by atomic mass is 10.2. The Balaban J connectivity index is 2.13. The molecular formula is C17H13Br2Cl3IN3OS. The fourth-order valence-electron chi connectivity index (χ4n) is 2.16. The third kappa shape index (κ3) is 7.14. The highest BCUT2D eigenvalue weighted by atomic mass is 127. The van der Waals surface area contributed by atoms with Gasteiger partial charge in [0.05, 0.1) is 5.69 Å². The predicted octanol–water partition coefficient (Wildman–Crippen LogP) is 6.54. The zero-order valence-corrected chi connectivity index (χ0v) is 22.5. The van der Waals surface area contributed by atoms with Crippen LogP contribution in [0.15, 0.2) is 45.3 Å². The summed E-state index contributed by atoms with van der Waals surface area (Å²) in [5.41, 5.74) is 2.14. The number of alkyl halides is 3. The number of halogens is 6. The molecule has 0 saturated carbocycles.